The summed E-state index contributed by atoms with van der Waals surface area (Å²) < 4.78 is 0. The number of pyridine rings is 1. The molecule has 1 amide bonds. The Balaban J connectivity index is 1.99. The number of amides is 1. The SMILES string of the molecule is Cc1cc(Cl)c(NC(=O)C2NCCC2C)c2cccnc12. The molecule has 2 unspecified atom stereocenters. The Bertz CT molecular complexity index is 701. The molecule has 0 radical (unpaired) electrons. The first-order valence-electron chi connectivity index (χ1n) is 7.16. The van der Waals surface area contributed by atoms with Gasteiger partial charge in [-0.2, -0.15) is 0 Å². The zero-order valence-electron chi connectivity index (χ0n) is 12.1. The number of fused-ring (bicyclic) bond motifs is 1. The van der Waals surface area contributed by atoms with Crippen LogP contribution < -0.4 is 10.6 Å². The number of hydrogen-bond acceptors (Lipinski definition) is 3. The molecule has 2 N–H and O–H groups in total. The highest BCUT2D eigenvalue weighted by Gasteiger charge is 2.29. The minimum Gasteiger partial charge on any atom is -0.323 e. The summed E-state index contributed by atoms with van der Waals surface area (Å²) in [7, 11) is 0. The van der Waals surface area contributed by atoms with Crippen LogP contribution in [0.1, 0.15) is 18.9 Å². The fourth-order valence-corrected chi connectivity index (χ4v) is 3.21. The van der Waals surface area contributed by atoms with Gasteiger partial charge < -0.3 is 10.6 Å². The molecular formula is C16H18ClN3O. The van der Waals surface area contributed by atoms with E-state index in [1.807, 2.05) is 25.1 Å². The van der Waals surface area contributed by atoms with Gasteiger partial charge in [-0.3, -0.25) is 9.78 Å². The predicted octanol–water partition coefficient (Wildman–Crippen LogP) is 3.13. The molecule has 3 rings (SSSR count). The van der Waals surface area contributed by atoms with Gasteiger partial charge in [0, 0.05) is 11.6 Å². The number of carbonyl (C=O) groups excluding carboxylic acids is 1. The van der Waals surface area contributed by atoms with Crippen molar-refractivity contribution in [3.8, 4) is 0 Å². The van der Waals surface area contributed by atoms with Gasteiger partial charge >= 0.3 is 0 Å². The number of hydrogen-bond donors (Lipinski definition) is 2. The van der Waals surface area contributed by atoms with E-state index >= 15 is 0 Å². The van der Waals surface area contributed by atoms with Crippen molar-refractivity contribution in [3.63, 3.8) is 0 Å². The molecule has 1 aliphatic heterocycles. The van der Waals surface area contributed by atoms with Crippen molar-refractivity contribution in [2.45, 2.75) is 26.3 Å². The number of rotatable bonds is 2. The number of anilines is 1. The van der Waals surface area contributed by atoms with Crippen molar-refractivity contribution in [2.24, 2.45) is 5.92 Å². The van der Waals surface area contributed by atoms with E-state index < -0.39 is 0 Å². The quantitative estimate of drug-likeness (QED) is 0.896. The molecule has 2 heterocycles. The topological polar surface area (TPSA) is 54.0 Å². The minimum absolute atomic E-state index is 0.0316. The Labute approximate surface area is 128 Å². The molecule has 0 spiro atoms. The Hall–Kier alpha value is -1.65. The van der Waals surface area contributed by atoms with Gasteiger partial charge in [0.2, 0.25) is 5.91 Å². The van der Waals surface area contributed by atoms with Crippen molar-refractivity contribution in [2.75, 3.05) is 11.9 Å². The van der Waals surface area contributed by atoms with Crippen LogP contribution in [0.15, 0.2) is 24.4 Å². The molecule has 5 heteroatoms. The normalized spacial score (nSPS) is 21.7. The summed E-state index contributed by atoms with van der Waals surface area (Å²) in [4.78, 5) is 16.8. The monoisotopic (exact) mass is 303 g/mol. The van der Waals surface area contributed by atoms with Crippen LogP contribution in [-0.4, -0.2) is 23.5 Å². The maximum atomic E-state index is 12.5. The van der Waals surface area contributed by atoms with Gasteiger partial charge in [-0.25, -0.2) is 0 Å². The van der Waals surface area contributed by atoms with E-state index in [0.29, 0.717) is 16.6 Å². The van der Waals surface area contributed by atoms with Crippen LogP contribution in [0.4, 0.5) is 5.69 Å². The number of halogens is 1. The number of carbonyl (C=O) groups is 1. The third kappa shape index (κ3) is 2.61. The van der Waals surface area contributed by atoms with E-state index in [-0.39, 0.29) is 11.9 Å². The van der Waals surface area contributed by atoms with Crippen LogP contribution in [0.2, 0.25) is 5.02 Å². The Morgan fingerprint density at radius 1 is 1.52 bits per heavy atom. The zero-order valence-corrected chi connectivity index (χ0v) is 12.9. The smallest absolute Gasteiger partial charge is 0.241 e. The lowest BCUT2D eigenvalue weighted by molar-refractivity contribution is -0.118. The lowest BCUT2D eigenvalue weighted by Gasteiger charge is -2.18. The van der Waals surface area contributed by atoms with Crippen LogP contribution >= 0.6 is 11.6 Å². The average Bonchev–Trinajstić information content (AvgIpc) is 2.89. The number of benzene rings is 1. The molecule has 1 aromatic heterocycles. The summed E-state index contributed by atoms with van der Waals surface area (Å²) in [6, 6.07) is 5.47. The predicted molar refractivity (Wildman–Crippen MR) is 85.7 cm³/mol. The maximum absolute atomic E-state index is 12.5. The number of nitrogens with one attached hydrogen (secondary N) is 2. The summed E-state index contributed by atoms with van der Waals surface area (Å²) in [5.41, 5.74) is 2.52. The van der Waals surface area contributed by atoms with Gasteiger partial charge in [0.1, 0.15) is 0 Å². The Kier molecular flexibility index (Phi) is 3.83. The van der Waals surface area contributed by atoms with Crippen LogP contribution in [0.3, 0.4) is 0 Å². The molecule has 0 aliphatic carbocycles. The standard InChI is InChI=1S/C16H18ClN3O/c1-9-5-7-19-14(9)16(21)20-15-11-4-3-6-18-13(11)10(2)8-12(15)17/h3-4,6,8-9,14,19H,5,7H2,1-2H3,(H,20,21). The lowest BCUT2D eigenvalue weighted by atomic mass is 10.0. The zero-order chi connectivity index (χ0) is 15.0. The van der Waals surface area contributed by atoms with Crippen LogP contribution in [0.25, 0.3) is 10.9 Å². The summed E-state index contributed by atoms with van der Waals surface area (Å²) in [5.74, 6) is 0.300. The summed E-state index contributed by atoms with van der Waals surface area (Å²) >= 11 is 6.33. The Morgan fingerprint density at radius 2 is 2.33 bits per heavy atom. The van der Waals surface area contributed by atoms with Gasteiger partial charge in [-0.05, 0) is 49.6 Å². The second-order valence-electron chi connectivity index (χ2n) is 5.64. The third-order valence-electron chi connectivity index (χ3n) is 4.10. The van der Waals surface area contributed by atoms with Gasteiger partial charge in [0.15, 0.2) is 0 Å². The van der Waals surface area contributed by atoms with Crippen LogP contribution in [0, 0.1) is 12.8 Å². The second-order valence-corrected chi connectivity index (χ2v) is 6.04. The van der Waals surface area contributed by atoms with Crippen LogP contribution in [0.5, 0.6) is 0 Å². The molecule has 1 saturated heterocycles. The highest BCUT2D eigenvalue weighted by molar-refractivity contribution is 6.35. The maximum Gasteiger partial charge on any atom is 0.241 e. The molecular weight excluding hydrogens is 286 g/mol. The van der Waals surface area contributed by atoms with Gasteiger partial charge in [0.05, 0.1) is 22.3 Å². The summed E-state index contributed by atoms with van der Waals surface area (Å²) in [5, 5.41) is 7.64. The number of aryl methyl sites for hydroxylation is 1. The molecule has 21 heavy (non-hydrogen) atoms. The van der Waals surface area contributed by atoms with Gasteiger partial charge in [-0.1, -0.05) is 18.5 Å². The molecule has 110 valence electrons. The minimum atomic E-state index is -0.158. The van der Waals surface area contributed by atoms with E-state index in [2.05, 4.69) is 22.5 Å². The highest BCUT2D eigenvalue weighted by atomic mass is 35.5. The van der Waals surface area contributed by atoms with E-state index in [9.17, 15) is 4.79 Å². The molecule has 4 nitrogen and oxygen atoms in total. The fraction of sp³-hybridized carbons (Fsp3) is 0.375. The van der Waals surface area contributed by atoms with Crippen molar-refractivity contribution < 1.29 is 4.79 Å². The van der Waals surface area contributed by atoms with Crippen LogP contribution in [-0.2, 0) is 4.79 Å². The Morgan fingerprint density at radius 3 is 3.05 bits per heavy atom. The molecule has 1 aromatic carbocycles. The average molecular weight is 304 g/mol. The molecule has 2 atom stereocenters. The second kappa shape index (κ2) is 5.62. The van der Waals surface area contributed by atoms with E-state index in [1.54, 1.807) is 6.20 Å². The van der Waals surface area contributed by atoms with E-state index in [4.69, 9.17) is 11.6 Å². The van der Waals surface area contributed by atoms with E-state index in [0.717, 1.165) is 29.4 Å². The molecule has 0 saturated carbocycles. The van der Waals surface area contributed by atoms with Crippen molar-refractivity contribution in [3.05, 3.63) is 35.0 Å². The summed E-state index contributed by atoms with van der Waals surface area (Å²) in [6.07, 6.45) is 2.76. The summed E-state index contributed by atoms with van der Waals surface area (Å²) in [6.45, 7) is 4.93. The van der Waals surface area contributed by atoms with Crippen molar-refractivity contribution in [1.29, 1.82) is 0 Å². The molecule has 1 fully saturated rings. The molecule has 1 aliphatic rings. The molecule has 2 aromatic rings. The van der Waals surface area contributed by atoms with E-state index in [1.165, 1.54) is 0 Å². The van der Waals surface area contributed by atoms with Crippen molar-refractivity contribution >= 4 is 34.1 Å². The third-order valence-corrected chi connectivity index (χ3v) is 4.39. The lowest BCUT2D eigenvalue weighted by Crippen LogP contribution is -2.39. The largest absolute Gasteiger partial charge is 0.323 e. The number of nitrogens with zero attached hydrogens (tertiary/aromatic N) is 1. The first kappa shape index (κ1) is 14.3. The number of aromatic nitrogens is 1. The first-order valence-corrected chi connectivity index (χ1v) is 7.54. The first-order chi connectivity index (χ1) is 10.1. The molecule has 0 bridgehead atoms. The van der Waals surface area contributed by atoms with Gasteiger partial charge in [-0.15, -0.1) is 0 Å². The van der Waals surface area contributed by atoms with Crippen molar-refractivity contribution in [1.82, 2.24) is 10.3 Å². The fourth-order valence-electron chi connectivity index (χ4n) is 2.89. The van der Waals surface area contributed by atoms with Gasteiger partial charge in [0.25, 0.3) is 0 Å². The highest BCUT2D eigenvalue weighted by Crippen LogP contribution is 2.33.